The molecule has 0 saturated carbocycles. The molecule has 0 bridgehead atoms. The Labute approximate surface area is 195 Å². The normalized spacial score (nSPS) is 16.0. The fourth-order valence-electron chi connectivity index (χ4n) is 4.55. The summed E-state index contributed by atoms with van der Waals surface area (Å²) >= 11 is 1.67. The van der Waals surface area contributed by atoms with Crippen LogP contribution in [0.15, 0.2) is 54.6 Å². The molecular weight excluding hydrogens is 416 g/mol. The number of anilines is 1. The van der Waals surface area contributed by atoms with Crippen molar-refractivity contribution in [2.45, 2.75) is 39.7 Å². The Morgan fingerprint density at radius 1 is 1.06 bits per heavy atom. The summed E-state index contributed by atoms with van der Waals surface area (Å²) in [4.78, 5) is 16.8. The van der Waals surface area contributed by atoms with Crippen molar-refractivity contribution < 1.29 is 9.53 Å². The van der Waals surface area contributed by atoms with Gasteiger partial charge in [-0.3, -0.25) is 9.69 Å². The number of thiophene rings is 1. The number of benzene rings is 2. The second kappa shape index (κ2) is 9.88. The molecule has 0 aliphatic carbocycles. The molecule has 32 heavy (non-hydrogen) atoms. The Morgan fingerprint density at radius 2 is 1.72 bits per heavy atom. The molecule has 168 valence electrons. The van der Waals surface area contributed by atoms with E-state index in [0.29, 0.717) is 5.56 Å². The van der Waals surface area contributed by atoms with Gasteiger partial charge in [0, 0.05) is 21.6 Å². The third-order valence-corrected chi connectivity index (χ3v) is 7.72. The van der Waals surface area contributed by atoms with Crippen LogP contribution in [0.4, 0.5) is 5.00 Å². The zero-order valence-corrected chi connectivity index (χ0v) is 20.2. The average Bonchev–Trinajstić information content (AvgIpc) is 3.09. The third-order valence-electron chi connectivity index (χ3n) is 6.59. The molecule has 1 N–H and O–H groups in total. The fourth-order valence-corrected chi connectivity index (χ4v) is 5.63. The quantitative estimate of drug-likeness (QED) is 0.471. The molecule has 5 heteroatoms. The van der Waals surface area contributed by atoms with Crippen molar-refractivity contribution >= 4 is 22.2 Å². The van der Waals surface area contributed by atoms with Gasteiger partial charge in [-0.05, 0) is 69.5 Å². The molecule has 1 fully saturated rings. The molecule has 4 nitrogen and oxygen atoms in total. The molecule has 1 amide bonds. The van der Waals surface area contributed by atoms with Crippen LogP contribution in [-0.4, -0.2) is 31.0 Å². The first-order chi connectivity index (χ1) is 15.5. The molecule has 2 heterocycles. The zero-order chi connectivity index (χ0) is 22.7. The molecule has 1 aliphatic rings. The van der Waals surface area contributed by atoms with Gasteiger partial charge in [0.05, 0.1) is 13.2 Å². The zero-order valence-electron chi connectivity index (χ0n) is 19.4. The Bertz CT molecular complexity index is 1070. The topological polar surface area (TPSA) is 41.6 Å². The molecule has 1 atom stereocenters. The number of ether oxygens (including phenoxy) is 1. The second-order valence-electron chi connectivity index (χ2n) is 8.71. The number of para-hydroxylation sites is 1. The number of rotatable bonds is 6. The van der Waals surface area contributed by atoms with Crippen molar-refractivity contribution in [3.63, 3.8) is 0 Å². The van der Waals surface area contributed by atoms with E-state index in [9.17, 15) is 4.79 Å². The maximum absolute atomic E-state index is 13.0. The number of aryl methyl sites for hydroxylation is 1. The monoisotopic (exact) mass is 448 g/mol. The summed E-state index contributed by atoms with van der Waals surface area (Å²) in [6.45, 7) is 8.71. The van der Waals surface area contributed by atoms with Crippen LogP contribution in [0.1, 0.15) is 57.7 Å². The maximum Gasteiger partial charge on any atom is 0.256 e. The van der Waals surface area contributed by atoms with Gasteiger partial charge >= 0.3 is 0 Å². The van der Waals surface area contributed by atoms with Gasteiger partial charge in [-0.1, -0.05) is 43.3 Å². The summed E-state index contributed by atoms with van der Waals surface area (Å²) < 4.78 is 5.79. The van der Waals surface area contributed by atoms with Gasteiger partial charge in [0.2, 0.25) is 0 Å². The molecule has 0 spiro atoms. The molecule has 0 unspecified atom stereocenters. The van der Waals surface area contributed by atoms with Gasteiger partial charge in [-0.2, -0.15) is 0 Å². The molecule has 1 saturated heterocycles. The van der Waals surface area contributed by atoms with Gasteiger partial charge in [-0.15, -0.1) is 11.3 Å². The molecule has 0 radical (unpaired) electrons. The predicted octanol–water partition coefficient (Wildman–Crippen LogP) is 6.45. The predicted molar refractivity (Wildman–Crippen MR) is 133 cm³/mol. The van der Waals surface area contributed by atoms with Crippen molar-refractivity contribution in [2.75, 3.05) is 25.5 Å². The molecule has 1 aliphatic heterocycles. The van der Waals surface area contributed by atoms with Crippen LogP contribution < -0.4 is 10.1 Å². The Hall–Kier alpha value is -2.63. The van der Waals surface area contributed by atoms with Gasteiger partial charge < -0.3 is 10.1 Å². The van der Waals surface area contributed by atoms with E-state index in [1.165, 1.54) is 28.8 Å². The Kier molecular flexibility index (Phi) is 6.97. The number of amides is 1. The SMILES string of the molecule is COc1ccccc1[C@@H](c1c(NC(=O)c2ccccc2)sc(C)c1C)N1CCC(C)CC1. The average molecular weight is 449 g/mol. The highest BCUT2D eigenvalue weighted by atomic mass is 32.1. The highest BCUT2D eigenvalue weighted by Gasteiger charge is 2.33. The van der Waals surface area contributed by atoms with E-state index in [4.69, 9.17) is 4.74 Å². The lowest BCUT2D eigenvalue weighted by molar-refractivity contribution is 0.102. The molecule has 3 aromatic rings. The summed E-state index contributed by atoms with van der Waals surface area (Å²) in [5.74, 6) is 1.56. The third kappa shape index (κ3) is 4.59. The van der Waals surface area contributed by atoms with E-state index < -0.39 is 0 Å². The lowest BCUT2D eigenvalue weighted by atomic mass is 9.90. The number of hydrogen-bond donors (Lipinski definition) is 1. The number of nitrogens with zero attached hydrogens (tertiary/aromatic N) is 1. The van der Waals surface area contributed by atoms with E-state index in [1.54, 1.807) is 18.4 Å². The number of nitrogens with one attached hydrogen (secondary N) is 1. The van der Waals surface area contributed by atoms with Crippen LogP contribution in [0.5, 0.6) is 5.75 Å². The molecular formula is C27H32N2O2S. The number of carbonyl (C=O) groups excluding carboxylic acids is 1. The summed E-state index contributed by atoms with van der Waals surface area (Å²) in [6, 6.07) is 17.8. The van der Waals surface area contributed by atoms with Crippen molar-refractivity contribution in [2.24, 2.45) is 5.92 Å². The van der Waals surface area contributed by atoms with E-state index in [1.807, 2.05) is 42.5 Å². The number of piperidine rings is 1. The smallest absolute Gasteiger partial charge is 0.256 e. The van der Waals surface area contributed by atoms with Crippen LogP contribution in [0.3, 0.4) is 0 Å². The van der Waals surface area contributed by atoms with E-state index in [2.05, 4.69) is 43.1 Å². The summed E-state index contributed by atoms with van der Waals surface area (Å²) in [7, 11) is 1.73. The van der Waals surface area contributed by atoms with Crippen molar-refractivity contribution in [1.29, 1.82) is 0 Å². The largest absolute Gasteiger partial charge is 0.496 e. The Morgan fingerprint density at radius 3 is 2.41 bits per heavy atom. The van der Waals surface area contributed by atoms with Crippen LogP contribution >= 0.6 is 11.3 Å². The minimum Gasteiger partial charge on any atom is -0.496 e. The van der Waals surface area contributed by atoms with E-state index in [-0.39, 0.29) is 11.9 Å². The molecule has 2 aromatic carbocycles. The molecule has 1 aromatic heterocycles. The maximum atomic E-state index is 13.0. The number of likely N-dealkylation sites (tertiary alicyclic amines) is 1. The fraction of sp³-hybridized carbons (Fsp3) is 0.370. The van der Waals surface area contributed by atoms with Gasteiger partial charge in [0.15, 0.2) is 0 Å². The van der Waals surface area contributed by atoms with Crippen LogP contribution in [0.25, 0.3) is 0 Å². The molecule has 4 rings (SSSR count). The number of carbonyl (C=O) groups is 1. The number of hydrogen-bond acceptors (Lipinski definition) is 4. The first kappa shape index (κ1) is 22.6. The van der Waals surface area contributed by atoms with Crippen LogP contribution in [0.2, 0.25) is 0 Å². The van der Waals surface area contributed by atoms with Crippen molar-refractivity contribution in [1.82, 2.24) is 4.90 Å². The van der Waals surface area contributed by atoms with Crippen LogP contribution in [-0.2, 0) is 0 Å². The van der Waals surface area contributed by atoms with Crippen molar-refractivity contribution in [3.05, 3.63) is 81.7 Å². The minimum absolute atomic E-state index is 0.0367. The first-order valence-electron chi connectivity index (χ1n) is 11.3. The van der Waals surface area contributed by atoms with E-state index in [0.717, 1.165) is 35.3 Å². The highest BCUT2D eigenvalue weighted by molar-refractivity contribution is 7.16. The number of methoxy groups -OCH3 is 1. The van der Waals surface area contributed by atoms with Crippen LogP contribution in [0, 0.1) is 19.8 Å². The lowest BCUT2D eigenvalue weighted by Gasteiger charge is -2.38. The standard InChI is InChI=1S/C27H32N2O2S/c1-18-14-16-29(17-15-18)25(22-12-8-9-13-23(22)31-4)24-19(2)20(3)32-27(24)28-26(30)21-10-6-5-7-11-21/h5-13,18,25H,14-17H2,1-4H3,(H,28,30)/t25-/m0/s1. The highest BCUT2D eigenvalue weighted by Crippen LogP contribution is 2.45. The lowest BCUT2D eigenvalue weighted by Crippen LogP contribution is -2.37. The summed E-state index contributed by atoms with van der Waals surface area (Å²) in [5.41, 5.74) is 4.26. The first-order valence-corrected chi connectivity index (χ1v) is 12.1. The van der Waals surface area contributed by atoms with Gasteiger partial charge in [0.25, 0.3) is 5.91 Å². The second-order valence-corrected chi connectivity index (χ2v) is 9.93. The van der Waals surface area contributed by atoms with E-state index >= 15 is 0 Å². The van der Waals surface area contributed by atoms with Crippen molar-refractivity contribution in [3.8, 4) is 5.75 Å². The minimum atomic E-state index is -0.0702. The van der Waals surface area contributed by atoms with Gasteiger partial charge in [-0.25, -0.2) is 0 Å². The summed E-state index contributed by atoms with van der Waals surface area (Å²) in [6.07, 6.45) is 2.36. The van der Waals surface area contributed by atoms with Gasteiger partial charge in [0.1, 0.15) is 10.8 Å². The summed E-state index contributed by atoms with van der Waals surface area (Å²) in [5, 5.41) is 4.17. The Balaban J connectivity index is 1.79.